The second-order valence-electron chi connectivity index (χ2n) is 5.36. The summed E-state index contributed by atoms with van der Waals surface area (Å²) in [4.78, 5) is 1.86. The molecule has 1 aliphatic heterocycles. The largest absolute Gasteiger partial charge is 0.497 e. The predicted octanol–water partition coefficient (Wildman–Crippen LogP) is -0.338. The van der Waals surface area contributed by atoms with Crippen molar-refractivity contribution >= 4 is 5.95 Å². The Hall–Kier alpha value is -2.19. The number of hydrogen-bond acceptors (Lipinski definition) is 7. The Balaban J connectivity index is 1.79. The number of nitrogens with zero attached hydrogens (tertiary/aromatic N) is 5. The SMILES string of the molecule is COc1ccc(Cn2nnnc2N2CC(O)CC2CO)cc1. The minimum Gasteiger partial charge on any atom is -0.497 e. The molecule has 0 bridgehead atoms. The van der Waals surface area contributed by atoms with E-state index in [1.165, 1.54) is 0 Å². The highest BCUT2D eigenvalue weighted by molar-refractivity contribution is 5.35. The highest BCUT2D eigenvalue weighted by Crippen LogP contribution is 2.24. The number of aliphatic hydroxyl groups excluding tert-OH is 2. The van der Waals surface area contributed by atoms with Crippen LogP contribution in [0, 0.1) is 0 Å². The fourth-order valence-electron chi connectivity index (χ4n) is 2.72. The standard InChI is InChI=1S/C14H19N5O3/c1-22-13-4-2-10(3-5-13)7-19-14(15-16-17-19)18-8-12(21)6-11(18)9-20/h2-5,11-12,20-21H,6-9H2,1H3. The predicted molar refractivity (Wildman–Crippen MR) is 78.8 cm³/mol. The van der Waals surface area contributed by atoms with E-state index in [2.05, 4.69) is 15.5 Å². The van der Waals surface area contributed by atoms with E-state index in [1.54, 1.807) is 11.8 Å². The Morgan fingerprint density at radius 3 is 2.77 bits per heavy atom. The molecule has 3 rings (SSSR count). The lowest BCUT2D eigenvalue weighted by Gasteiger charge is -2.22. The van der Waals surface area contributed by atoms with Gasteiger partial charge in [0, 0.05) is 6.54 Å². The summed E-state index contributed by atoms with van der Waals surface area (Å²) in [6, 6.07) is 7.51. The lowest BCUT2D eigenvalue weighted by molar-refractivity contribution is 0.184. The molecule has 0 spiro atoms. The van der Waals surface area contributed by atoms with Gasteiger partial charge < -0.3 is 19.8 Å². The number of anilines is 1. The molecule has 1 saturated heterocycles. The molecule has 1 aliphatic rings. The molecule has 1 aromatic carbocycles. The van der Waals surface area contributed by atoms with Gasteiger partial charge in [-0.1, -0.05) is 17.2 Å². The van der Waals surface area contributed by atoms with Crippen molar-refractivity contribution in [2.75, 3.05) is 25.2 Å². The number of benzene rings is 1. The smallest absolute Gasteiger partial charge is 0.246 e. The van der Waals surface area contributed by atoms with Crippen LogP contribution in [0.1, 0.15) is 12.0 Å². The second kappa shape index (κ2) is 6.29. The van der Waals surface area contributed by atoms with Gasteiger partial charge in [0.2, 0.25) is 5.95 Å². The van der Waals surface area contributed by atoms with Crippen molar-refractivity contribution in [3.05, 3.63) is 29.8 Å². The molecule has 2 N–H and O–H groups in total. The van der Waals surface area contributed by atoms with Gasteiger partial charge in [-0.2, -0.15) is 0 Å². The van der Waals surface area contributed by atoms with Crippen molar-refractivity contribution in [2.24, 2.45) is 0 Å². The summed E-state index contributed by atoms with van der Waals surface area (Å²) in [6.07, 6.45) is 0.0506. The number of methoxy groups -OCH3 is 1. The quantitative estimate of drug-likeness (QED) is 0.780. The lowest BCUT2D eigenvalue weighted by atomic mass is 10.2. The van der Waals surface area contributed by atoms with E-state index < -0.39 is 6.10 Å². The first kappa shape index (κ1) is 14.7. The van der Waals surface area contributed by atoms with Crippen molar-refractivity contribution in [3.63, 3.8) is 0 Å². The van der Waals surface area contributed by atoms with Gasteiger partial charge in [0.05, 0.1) is 32.4 Å². The van der Waals surface area contributed by atoms with Crippen molar-refractivity contribution < 1.29 is 14.9 Å². The molecule has 0 saturated carbocycles. The van der Waals surface area contributed by atoms with Crippen LogP contribution in [0.25, 0.3) is 0 Å². The zero-order valence-electron chi connectivity index (χ0n) is 12.3. The maximum atomic E-state index is 9.79. The van der Waals surface area contributed by atoms with Gasteiger partial charge in [-0.3, -0.25) is 0 Å². The van der Waals surface area contributed by atoms with Gasteiger partial charge in [-0.25, -0.2) is 4.68 Å². The highest BCUT2D eigenvalue weighted by atomic mass is 16.5. The molecule has 8 heteroatoms. The first-order valence-electron chi connectivity index (χ1n) is 7.16. The van der Waals surface area contributed by atoms with Gasteiger partial charge in [0.15, 0.2) is 0 Å². The molecule has 2 aromatic rings. The van der Waals surface area contributed by atoms with Crippen LogP contribution in [-0.4, -0.2) is 62.8 Å². The minimum atomic E-state index is -0.469. The molecule has 1 aromatic heterocycles. The topological polar surface area (TPSA) is 96.5 Å². The number of tetrazole rings is 1. The van der Waals surface area contributed by atoms with E-state index in [-0.39, 0.29) is 12.6 Å². The number of hydrogen-bond donors (Lipinski definition) is 2. The summed E-state index contributed by atoms with van der Waals surface area (Å²) in [5.41, 5.74) is 1.04. The molecule has 2 unspecified atom stereocenters. The number of rotatable bonds is 5. The van der Waals surface area contributed by atoms with Crippen molar-refractivity contribution in [1.29, 1.82) is 0 Å². The Morgan fingerprint density at radius 1 is 1.32 bits per heavy atom. The van der Waals surface area contributed by atoms with E-state index in [4.69, 9.17) is 4.74 Å². The molecule has 2 atom stereocenters. The molecule has 8 nitrogen and oxygen atoms in total. The van der Waals surface area contributed by atoms with Crippen molar-refractivity contribution in [1.82, 2.24) is 20.2 Å². The third-order valence-electron chi connectivity index (χ3n) is 3.86. The molecular formula is C14H19N5O3. The van der Waals surface area contributed by atoms with E-state index in [9.17, 15) is 10.2 Å². The number of ether oxygens (including phenoxy) is 1. The average Bonchev–Trinajstić information content (AvgIpc) is 3.13. The third kappa shape index (κ3) is 2.88. The summed E-state index contributed by atoms with van der Waals surface area (Å²) in [5, 5.41) is 31.0. The zero-order valence-corrected chi connectivity index (χ0v) is 12.3. The summed E-state index contributed by atoms with van der Waals surface area (Å²) in [5.74, 6) is 1.36. The zero-order chi connectivity index (χ0) is 15.5. The Kier molecular flexibility index (Phi) is 4.21. The summed E-state index contributed by atoms with van der Waals surface area (Å²) in [6.45, 7) is 0.901. The fourth-order valence-corrected chi connectivity index (χ4v) is 2.72. The number of β-amino-alcohol motifs (C(OH)–C–C–N with tert-alkyl or cyclic N) is 1. The highest BCUT2D eigenvalue weighted by Gasteiger charge is 2.33. The molecular weight excluding hydrogens is 286 g/mol. The normalized spacial score (nSPS) is 21.3. The summed E-state index contributed by atoms with van der Waals surface area (Å²) < 4.78 is 6.81. The number of aromatic nitrogens is 4. The molecule has 118 valence electrons. The Bertz CT molecular complexity index is 615. The lowest BCUT2D eigenvalue weighted by Crippen LogP contribution is -2.34. The Labute approximate surface area is 127 Å². The van der Waals surface area contributed by atoms with Crippen LogP contribution < -0.4 is 9.64 Å². The summed E-state index contributed by atoms with van der Waals surface area (Å²) >= 11 is 0. The molecule has 0 aliphatic carbocycles. The maximum absolute atomic E-state index is 9.79. The van der Waals surface area contributed by atoms with Crippen LogP contribution in [0.5, 0.6) is 5.75 Å². The first-order chi connectivity index (χ1) is 10.7. The van der Waals surface area contributed by atoms with Gasteiger partial charge in [0.25, 0.3) is 0 Å². The van der Waals surface area contributed by atoms with Crippen molar-refractivity contribution in [3.8, 4) is 5.75 Å². The van der Waals surface area contributed by atoms with Crippen LogP contribution in [0.15, 0.2) is 24.3 Å². The summed E-state index contributed by atoms with van der Waals surface area (Å²) in [7, 11) is 1.63. The van der Waals surface area contributed by atoms with Gasteiger partial charge in [-0.05, 0) is 34.5 Å². The van der Waals surface area contributed by atoms with Crippen molar-refractivity contribution in [2.45, 2.75) is 25.1 Å². The molecule has 2 heterocycles. The van der Waals surface area contributed by atoms with Gasteiger partial charge in [-0.15, -0.1) is 0 Å². The van der Waals surface area contributed by atoms with E-state index >= 15 is 0 Å². The average molecular weight is 305 g/mol. The maximum Gasteiger partial charge on any atom is 0.246 e. The fraction of sp³-hybridized carbons (Fsp3) is 0.500. The number of aliphatic hydroxyl groups is 2. The van der Waals surface area contributed by atoms with Crippen LogP contribution in [0.2, 0.25) is 0 Å². The van der Waals surface area contributed by atoms with Gasteiger partial charge >= 0.3 is 0 Å². The second-order valence-corrected chi connectivity index (χ2v) is 5.36. The van der Waals surface area contributed by atoms with Crippen LogP contribution in [0.4, 0.5) is 5.95 Å². The third-order valence-corrected chi connectivity index (χ3v) is 3.86. The van der Waals surface area contributed by atoms with E-state index in [0.717, 1.165) is 11.3 Å². The monoisotopic (exact) mass is 305 g/mol. The van der Waals surface area contributed by atoms with E-state index in [1.807, 2.05) is 29.2 Å². The van der Waals surface area contributed by atoms with Crippen LogP contribution in [0.3, 0.4) is 0 Å². The minimum absolute atomic E-state index is 0.0353. The molecule has 0 radical (unpaired) electrons. The van der Waals surface area contributed by atoms with Crippen LogP contribution >= 0.6 is 0 Å². The van der Waals surface area contributed by atoms with E-state index in [0.29, 0.717) is 25.5 Å². The first-order valence-corrected chi connectivity index (χ1v) is 7.16. The Morgan fingerprint density at radius 2 is 2.09 bits per heavy atom. The molecule has 0 amide bonds. The molecule has 22 heavy (non-hydrogen) atoms. The van der Waals surface area contributed by atoms with Crippen LogP contribution in [-0.2, 0) is 6.54 Å². The molecule has 1 fully saturated rings. The van der Waals surface area contributed by atoms with Gasteiger partial charge in [0.1, 0.15) is 5.75 Å².